The van der Waals surface area contributed by atoms with Crippen LogP contribution in [0.25, 0.3) is 10.8 Å². The smallest absolute Gasteiger partial charge is 0.255 e. The van der Waals surface area contributed by atoms with Gasteiger partial charge in [0, 0.05) is 37.1 Å². The molecule has 6 aromatic rings. The van der Waals surface area contributed by atoms with Gasteiger partial charge in [0.25, 0.3) is 23.6 Å². The molecule has 2 amide bonds. The molecule has 0 bridgehead atoms. The van der Waals surface area contributed by atoms with Gasteiger partial charge >= 0.3 is 0 Å². The van der Waals surface area contributed by atoms with E-state index >= 15 is 0 Å². The zero-order valence-corrected chi connectivity index (χ0v) is 27.3. The average Bonchev–Trinajstić information content (AvgIpc) is 4.00. The lowest BCUT2D eigenvalue weighted by Crippen LogP contribution is -2.31. The molecule has 8 rings (SSSR count). The molecular formula is C40H34N6O4. The first-order chi connectivity index (χ1) is 24.6. The Kier molecular flexibility index (Phi) is 8.56. The minimum absolute atomic E-state index is 0.139. The summed E-state index contributed by atoms with van der Waals surface area (Å²) in [7, 11) is 0. The van der Waals surface area contributed by atoms with E-state index in [1.807, 2.05) is 85.0 Å². The van der Waals surface area contributed by atoms with Gasteiger partial charge in [0.05, 0.1) is 0 Å². The summed E-state index contributed by atoms with van der Waals surface area (Å²) in [5.41, 5.74) is 3.48. The molecule has 0 saturated heterocycles. The fourth-order valence-electron chi connectivity index (χ4n) is 6.51. The number of carbonyl (C=O) groups is 2. The average molecular weight is 663 g/mol. The topological polar surface area (TPSA) is 118 Å². The minimum Gasteiger partial charge on any atom is -0.337 e. The van der Waals surface area contributed by atoms with Crippen molar-refractivity contribution < 1.29 is 18.6 Å². The van der Waals surface area contributed by atoms with E-state index in [0.717, 1.165) is 23.6 Å². The Morgan fingerprint density at radius 2 is 1.02 bits per heavy atom. The molecule has 2 atom stereocenters. The minimum atomic E-state index is -0.433. The lowest BCUT2D eigenvalue weighted by Gasteiger charge is -2.23. The Bertz CT molecular complexity index is 2050. The molecule has 2 aromatic heterocycles. The third-order valence-corrected chi connectivity index (χ3v) is 9.20. The second-order valence-corrected chi connectivity index (χ2v) is 12.5. The fourth-order valence-corrected chi connectivity index (χ4v) is 6.51. The number of benzene rings is 4. The van der Waals surface area contributed by atoms with Gasteiger partial charge < -0.3 is 18.8 Å². The number of hydrogen-bond acceptors (Lipinski definition) is 8. The second-order valence-electron chi connectivity index (χ2n) is 12.5. The third kappa shape index (κ3) is 6.47. The van der Waals surface area contributed by atoms with Crippen molar-refractivity contribution in [2.24, 2.45) is 0 Å². The molecular weight excluding hydrogens is 628 g/mol. The lowest BCUT2D eigenvalue weighted by molar-refractivity contribution is 0.0720. The van der Waals surface area contributed by atoms with Crippen LogP contribution in [0.4, 0.5) is 0 Å². The zero-order chi connectivity index (χ0) is 33.9. The van der Waals surface area contributed by atoms with Gasteiger partial charge in [-0.1, -0.05) is 107 Å². The SMILES string of the molecule is O=C(c1ccc2cc(C(=O)N3CC=C[C@H]3c3nc(CCc4ccccc4)no3)ccc2c1)N1CC=C[C@H]1c1nc(CCc2ccccc2)no1. The van der Waals surface area contributed by atoms with E-state index in [0.29, 0.717) is 60.5 Å². The molecule has 248 valence electrons. The molecule has 0 aliphatic carbocycles. The van der Waals surface area contributed by atoms with Gasteiger partial charge in [0.2, 0.25) is 0 Å². The fraction of sp³-hybridized carbons (Fsp3) is 0.200. The van der Waals surface area contributed by atoms with Crippen LogP contribution in [0, 0.1) is 0 Å². The largest absolute Gasteiger partial charge is 0.337 e. The Morgan fingerprint density at radius 3 is 1.46 bits per heavy atom. The van der Waals surface area contributed by atoms with Crippen LogP contribution in [0.5, 0.6) is 0 Å². The maximum atomic E-state index is 13.7. The number of carbonyl (C=O) groups excluding carboxylic acids is 2. The molecule has 0 fully saturated rings. The molecule has 10 heteroatoms. The van der Waals surface area contributed by atoms with Gasteiger partial charge in [0.15, 0.2) is 11.6 Å². The monoisotopic (exact) mass is 662 g/mol. The van der Waals surface area contributed by atoms with E-state index in [2.05, 4.69) is 44.5 Å². The van der Waals surface area contributed by atoms with Crippen LogP contribution in [-0.2, 0) is 25.7 Å². The van der Waals surface area contributed by atoms with Crippen molar-refractivity contribution in [3.63, 3.8) is 0 Å². The van der Waals surface area contributed by atoms with Crippen molar-refractivity contribution in [1.82, 2.24) is 30.1 Å². The van der Waals surface area contributed by atoms with Crippen LogP contribution in [0.2, 0.25) is 0 Å². The summed E-state index contributed by atoms with van der Waals surface area (Å²) in [6.07, 6.45) is 10.6. The molecule has 10 nitrogen and oxygen atoms in total. The standard InChI is InChI=1S/C40H34N6O4/c47-39(45-23-7-13-33(45)37-41-35(43-49-37)21-15-27-9-3-1-4-10-27)31-19-17-30-26-32(20-18-29(30)25-31)40(48)46-24-8-14-34(46)38-42-36(44-50-38)22-16-28-11-5-2-6-12-28/h1-14,17-20,25-26,33-34H,15-16,21-24H2/t33-,34-/m0/s1. The molecule has 4 heterocycles. The molecule has 50 heavy (non-hydrogen) atoms. The maximum absolute atomic E-state index is 13.7. The molecule has 0 spiro atoms. The predicted molar refractivity (Wildman–Crippen MR) is 186 cm³/mol. The van der Waals surface area contributed by atoms with Crippen molar-refractivity contribution >= 4 is 22.6 Å². The van der Waals surface area contributed by atoms with Crippen molar-refractivity contribution in [2.75, 3.05) is 13.1 Å². The summed E-state index contributed by atoms with van der Waals surface area (Å²) < 4.78 is 11.2. The quantitative estimate of drug-likeness (QED) is 0.149. The molecule has 4 aromatic carbocycles. The third-order valence-electron chi connectivity index (χ3n) is 9.20. The van der Waals surface area contributed by atoms with Crippen molar-refractivity contribution in [1.29, 1.82) is 0 Å². The highest BCUT2D eigenvalue weighted by Gasteiger charge is 2.33. The molecule has 0 saturated carbocycles. The van der Waals surface area contributed by atoms with Crippen LogP contribution < -0.4 is 0 Å². The Hall–Kier alpha value is -6.16. The first-order valence-corrected chi connectivity index (χ1v) is 16.8. The van der Waals surface area contributed by atoms with Crippen molar-refractivity contribution in [3.8, 4) is 0 Å². The van der Waals surface area contributed by atoms with Crippen LogP contribution >= 0.6 is 0 Å². The summed E-state index contributed by atoms with van der Waals surface area (Å²) in [6.45, 7) is 0.882. The Labute approximate surface area is 288 Å². The first-order valence-electron chi connectivity index (χ1n) is 16.8. The highest BCUT2D eigenvalue weighted by atomic mass is 16.5. The Morgan fingerprint density at radius 1 is 0.580 bits per heavy atom. The molecule has 2 aliphatic heterocycles. The van der Waals surface area contributed by atoms with Gasteiger partial charge in [-0.2, -0.15) is 9.97 Å². The van der Waals surface area contributed by atoms with Gasteiger partial charge in [-0.25, -0.2) is 0 Å². The first kappa shape index (κ1) is 31.1. The predicted octanol–water partition coefficient (Wildman–Crippen LogP) is 6.68. The summed E-state index contributed by atoms with van der Waals surface area (Å²) in [5.74, 6) is 1.75. The van der Waals surface area contributed by atoms with Crippen LogP contribution in [0.15, 0.2) is 130 Å². The number of amides is 2. The number of aryl methyl sites for hydroxylation is 4. The van der Waals surface area contributed by atoms with E-state index in [4.69, 9.17) is 9.05 Å². The van der Waals surface area contributed by atoms with E-state index < -0.39 is 12.1 Å². The van der Waals surface area contributed by atoms with E-state index in [1.54, 1.807) is 21.9 Å². The van der Waals surface area contributed by atoms with Gasteiger partial charge in [0.1, 0.15) is 12.1 Å². The second kappa shape index (κ2) is 13.8. The lowest BCUT2D eigenvalue weighted by atomic mass is 10.0. The molecule has 0 radical (unpaired) electrons. The normalized spacial score (nSPS) is 16.9. The molecule has 2 aliphatic rings. The summed E-state index contributed by atoms with van der Waals surface area (Å²) >= 11 is 0. The number of rotatable bonds is 10. The molecule has 0 N–H and O–H groups in total. The van der Waals surface area contributed by atoms with E-state index in [-0.39, 0.29) is 11.8 Å². The van der Waals surface area contributed by atoms with Gasteiger partial charge in [-0.05, 0) is 59.0 Å². The highest BCUT2D eigenvalue weighted by molar-refractivity contribution is 6.02. The van der Waals surface area contributed by atoms with Crippen molar-refractivity contribution in [3.05, 3.63) is 167 Å². The van der Waals surface area contributed by atoms with Crippen LogP contribution in [-0.4, -0.2) is 55.0 Å². The van der Waals surface area contributed by atoms with E-state index in [9.17, 15) is 9.59 Å². The highest BCUT2D eigenvalue weighted by Crippen LogP contribution is 2.31. The summed E-state index contributed by atoms with van der Waals surface area (Å²) in [5, 5.41) is 10.1. The number of fused-ring (bicyclic) bond motifs is 1. The van der Waals surface area contributed by atoms with Crippen LogP contribution in [0.1, 0.15) is 67.4 Å². The van der Waals surface area contributed by atoms with Gasteiger partial charge in [-0.15, -0.1) is 0 Å². The van der Waals surface area contributed by atoms with Crippen LogP contribution in [0.3, 0.4) is 0 Å². The zero-order valence-electron chi connectivity index (χ0n) is 27.3. The molecule has 0 unspecified atom stereocenters. The van der Waals surface area contributed by atoms with Gasteiger partial charge in [-0.3, -0.25) is 9.59 Å². The summed E-state index contributed by atoms with van der Waals surface area (Å²) in [6, 6.07) is 30.5. The Balaban J connectivity index is 0.928. The number of nitrogens with zero attached hydrogens (tertiary/aromatic N) is 6. The van der Waals surface area contributed by atoms with E-state index in [1.165, 1.54) is 11.1 Å². The number of aromatic nitrogens is 4. The summed E-state index contributed by atoms with van der Waals surface area (Å²) in [4.78, 5) is 40.1. The maximum Gasteiger partial charge on any atom is 0.255 e. The number of hydrogen-bond donors (Lipinski definition) is 0. The van der Waals surface area contributed by atoms with Crippen molar-refractivity contribution in [2.45, 2.75) is 37.8 Å².